The summed E-state index contributed by atoms with van der Waals surface area (Å²) in [5, 5.41) is 8.42. The van der Waals surface area contributed by atoms with Crippen LogP contribution in [0.1, 0.15) is 26.2 Å². The highest BCUT2D eigenvalue weighted by Crippen LogP contribution is 1.93. The zero-order valence-electron chi connectivity index (χ0n) is 7.45. The molecule has 1 N–H and O–H groups in total. The van der Waals surface area contributed by atoms with E-state index in [2.05, 4.69) is 0 Å². The minimum absolute atomic E-state index is 0.195. The normalized spacial score (nSPS) is 10.5. The van der Waals surface area contributed by atoms with Crippen LogP contribution in [-0.4, -0.2) is 24.3 Å². The number of rotatable bonds is 6. The highest BCUT2D eigenvalue weighted by molar-refractivity contribution is 5.65. The van der Waals surface area contributed by atoms with Gasteiger partial charge < -0.3 is 9.84 Å². The molecule has 70 valence electrons. The highest BCUT2D eigenvalue weighted by Gasteiger charge is 1.89. The maximum absolute atomic E-state index is 10.3. The van der Waals surface area contributed by atoms with Crippen LogP contribution in [0.25, 0.3) is 0 Å². The molecule has 0 saturated heterocycles. The quantitative estimate of drug-likeness (QED) is 0.373. The van der Waals surface area contributed by atoms with Gasteiger partial charge >= 0.3 is 5.97 Å². The topological polar surface area (TPSA) is 46.5 Å². The molecule has 0 aromatic carbocycles. The Kier molecular flexibility index (Phi) is 7.70. The Balaban J connectivity index is 3.05. The van der Waals surface area contributed by atoms with Gasteiger partial charge in [0.25, 0.3) is 0 Å². The Bertz CT molecular complexity index is 141. The van der Waals surface area contributed by atoms with Gasteiger partial charge in [0.1, 0.15) is 0 Å². The molecule has 0 spiro atoms. The van der Waals surface area contributed by atoms with Gasteiger partial charge in [-0.3, -0.25) is 4.79 Å². The molecule has 0 heterocycles. The van der Waals surface area contributed by atoms with Gasteiger partial charge in [0, 0.05) is 13.5 Å². The third-order valence-electron chi connectivity index (χ3n) is 1.28. The molecule has 0 aliphatic carbocycles. The van der Waals surface area contributed by atoms with Crippen molar-refractivity contribution in [3.63, 3.8) is 0 Å². The molecule has 0 atom stereocenters. The van der Waals surface area contributed by atoms with Gasteiger partial charge in [-0.25, -0.2) is 0 Å². The molecule has 0 rings (SSSR count). The SMILES string of the molecule is CC(=O)OCCCC=CCCO. The van der Waals surface area contributed by atoms with Crippen LogP contribution in [0.4, 0.5) is 0 Å². The largest absolute Gasteiger partial charge is 0.466 e. The molecule has 0 amide bonds. The standard InChI is InChI=1S/C9H16O3/c1-9(11)12-8-6-4-2-3-5-7-10/h2-3,10H,4-8H2,1H3. The summed E-state index contributed by atoms with van der Waals surface area (Å²) in [6.07, 6.45) is 6.36. The second kappa shape index (κ2) is 8.27. The van der Waals surface area contributed by atoms with Gasteiger partial charge in [0.2, 0.25) is 0 Å². The van der Waals surface area contributed by atoms with E-state index in [1.807, 2.05) is 12.2 Å². The van der Waals surface area contributed by atoms with Crippen LogP contribution in [0.2, 0.25) is 0 Å². The number of unbranched alkanes of at least 4 members (excludes halogenated alkanes) is 1. The number of ether oxygens (including phenoxy) is 1. The molecular formula is C9H16O3. The second-order valence-corrected chi connectivity index (χ2v) is 2.47. The van der Waals surface area contributed by atoms with Gasteiger partial charge in [0.05, 0.1) is 6.61 Å². The Morgan fingerprint density at radius 2 is 2.08 bits per heavy atom. The van der Waals surface area contributed by atoms with Crippen molar-refractivity contribution in [2.75, 3.05) is 13.2 Å². The first-order chi connectivity index (χ1) is 5.77. The number of carbonyl (C=O) groups excluding carboxylic acids is 1. The van der Waals surface area contributed by atoms with E-state index in [1.165, 1.54) is 6.92 Å². The van der Waals surface area contributed by atoms with E-state index in [0.717, 1.165) is 12.8 Å². The fraction of sp³-hybridized carbons (Fsp3) is 0.667. The molecule has 0 aliphatic rings. The molecule has 0 unspecified atom stereocenters. The number of aliphatic hydroxyl groups is 1. The molecule has 0 radical (unpaired) electrons. The van der Waals surface area contributed by atoms with E-state index < -0.39 is 0 Å². The molecule has 3 nitrogen and oxygen atoms in total. The maximum Gasteiger partial charge on any atom is 0.302 e. The number of carbonyl (C=O) groups is 1. The van der Waals surface area contributed by atoms with Crippen LogP contribution >= 0.6 is 0 Å². The molecule has 12 heavy (non-hydrogen) atoms. The van der Waals surface area contributed by atoms with E-state index in [-0.39, 0.29) is 12.6 Å². The van der Waals surface area contributed by atoms with Crippen LogP contribution in [0.15, 0.2) is 12.2 Å². The van der Waals surface area contributed by atoms with Crippen molar-refractivity contribution in [1.82, 2.24) is 0 Å². The summed E-state index contributed by atoms with van der Waals surface area (Å²) in [4.78, 5) is 10.3. The van der Waals surface area contributed by atoms with Gasteiger partial charge in [-0.15, -0.1) is 0 Å². The zero-order valence-corrected chi connectivity index (χ0v) is 7.45. The average molecular weight is 172 g/mol. The highest BCUT2D eigenvalue weighted by atomic mass is 16.5. The third-order valence-corrected chi connectivity index (χ3v) is 1.28. The minimum atomic E-state index is -0.227. The van der Waals surface area contributed by atoms with Crippen molar-refractivity contribution in [1.29, 1.82) is 0 Å². The van der Waals surface area contributed by atoms with Gasteiger partial charge in [-0.1, -0.05) is 12.2 Å². The van der Waals surface area contributed by atoms with Gasteiger partial charge in [0.15, 0.2) is 0 Å². The summed E-state index contributed by atoms with van der Waals surface area (Å²) in [5.41, 5.74) is 0. The predicted molar refractivity (Wildman–Crippen MR) is 46.7 cm³/mol. The van der Waals surface area contributed by atoms with Crippen molar-refractivity contribution < 1.29 is 14.6 Å². The molecule has 0 aromatic heterocycles. The monoisotopic (exact) mass is 172 g/mol. The Morgan fingerprint density at radius 1 is 1.42 bits per heavy atom. The first-order valence-electron chi connectivity index (χ1n) is 4.16. The van der Waals surface area contributed by atoms with Crippen molar-refractivity contribution in [2.45, 2.75) is 26.2 Å². The number of hydrogen-bond donors (Lipinski definition) is 1. The Labute approximate surface area is 73.0 Å². The summed E-state index contributed by atoms with van der Waals surface area (Å²) >= 11 is 0. The van der Waals surface area contributed by atoms with E-state index in [1.54, 1.807) is 0 Å². The van der Waals surface area contributed by atoms with Crippen LogP contribution in [-0.2, 0) is 9.53 Å². The lowest BCUT2D eigenvalue weighted by Crippen LogP contribution is -1.99. The molecule has 0 aromatic rings. The van der Waals surface area contributed by atoms with E-state index in [4.69, 9.17) is 9.84 Å². The third kappa shape index (κ3) is 9.17. The smallest absolute Gasteiger partial charge is 0.302 e. The van der Waals surface area contributed by atoms with Crippen molar-refractivity contribution in [3.05, 3.63) is 12.2 Å². The second-order valence-electron chi connectivity index (χ2n) is 2.47. The molecule has 3 heteroatoms. The lowest BCUT2D eigenvalue weighted by molar-refractivity contribution is -0.141. The Morgan fingerprint density at radius 3 is 2.67 bits per heavy atom. The molecule has 0 saturated carbocycles. The lowest BCUT2D eigenvalue weighted by Gasteiger charge is -1.97. The summed E-state index contributed by atoms with van der Waals surface area (Å²) in [7, 11) is 0. The molecule has 0 aliphatic heterocycles. The van der Waals surface area contributed by atoms with Crippen LogP contribution in [0.3, 0.4) is 0 Å². The van der Waals surface area contributed by atoms with Crippen LogP contribution < -0.4 is 0 Å². The fourth-order valence-corrected chi connectivity index (χ4v) is 0.727. The molecular weight excluding hydrogens is 156 g/mol. The molecule has 0 fully saturated rings. The van der Waals surface area contributed by atoms with Crippen molar-refractivity contribution in [3.8, 4) is 0 Å². The molecule has 0 bridgehead atoms. The van der Waals surface area contributed by atoms with Crippen LogP contribution in [0, 0.1) is 0 Å². The first-order valence-corrected chi connectivity index (χ1v) is 4.16. The van der Waals surface area contributed by atoms with Gasteiger partial charge in [-0.2, -0.15) is 0 Å². The number of esters is 1. The fourth-order valence-electron chi connectivity index (χ4n) is 0.727. The van der Waals surface area contributed by atoms with E-state index >= 15 is 0 Å². The maximum atomic E-state index is 10.3. The van der Waals surface area contributed by atoms with Crippen molar-refractivity contribution in [2.24, 2.45) is 0 Å². The number of aliphatic hydroxyl groups excluding tert-OH is 1. The van der Waals surface area contributed by atoms with Crippen molar-refractivity contribution >= 4 is 5.97 Å². The number of hydrogen-bond acceptors (Lipinski definition) is 3. The summed E-state index contributed by atoms with van der Waals surface area (Å²) in [6, 6.07) is 0. The predicted octanol–water partition coefficient (Wildman–Crippen LogP) is 1.27. The first kappa shape index (κ1) is 11.2. The zero-order chi connectivity index (χ0) is 9.23. The summed E-state index contributed by atoms with van der Waals surface area (Å²) < 4.78 is 4.73. The number of allylic oxidation sites excluding steroid dienone is 1. The van der Waals surface area contributed by atoms with Gasteiger partial charge in [-0.05, 0) is 19.3 Å². The summed E-state index contributed by atoms with van der Waals surface area (Å²) in [6.45, 7) is 2.08. The lowest BCUT2D eigenvalue weighted by atomic mass is 10.3. The van der Waals surface area contributed by atoms with E-state index in [0.29, 0.717) is 13.0 Å². The van der Waals surface area contributed by atoms with E-state index in [9.17, 15) is 4.79 Å². The average Bonchev–Trinajstić information content (AvgIpc) is 2.02. The minimum Gasteiger partial charge on any atom is -0.466 e. The summed E-state index contributed by atoms with van der Waals surface area (Å²) in [5.74, 6) is -0.227. The van der Waals surface area contributed by atoms with Crippen LogP contribution in [0.5, 0.6) is 0 Å². The Hall–Kier alpha value is -0.830.